The van der Waals surface area contributed by atoms with Gasteiger partial charge in [0.2, 0.25) is 0 Å². The van der Waals surface area contributed by atoms with Gasteiger partial charge in [0, 0.05) is 0 Å². The molecule has 0 nitrogen and oxygen atoms in total. The van der Waals surface area contributed by atoms with Crippen LogP contribution in [0.25, 0.3) is 33.4 Å². The first-order valence-electron chi connectivity index (χ1n) is 21.6. The van der Waals surface area contributed by atoms with Gasteiger partial charge < -0.3 is 0 Å². The van der Waals surface area contributed by atoms with Crippen LogP contribution in [0.3, 0.4) is 0 Å². The van der Waals surface area contributed by atoms with Crippen LogP contribution >= 0.6 is 24.8 Å². The fourth-order valence-corrected chi connectivity index (χ4v) is 19.8. The Kier molecular flexibility index (Phi) is 14.1. The number of allylic oxidation sites excluding steroid dienone is 4. The van der Waals surface area contributed by atoms with E-state index in [-0.39, 0.29) is 35.6 Å². The van der Waals surface area contributed by atoms with Crippen molar-refractivity contribution in [3.63, 3.8) is 0 Å². The van der Waals surface area contributed by atoms with Crippen molar-refractivity contribution in [2.24, 2.45) is 11.8 Å². The number of halogens is 2. The number of hydrogen-bond acceptors (Lipinski definition) is 0. The monoisotopic (exact) mass is 862 g/mol. The molecule has 0 radical (unpaired) electrons. The van der Waals surface area contributed by atoms with Crippen LogP contribution in [0, 0.1) is 11.8 Å². The molecule has 0 unspecified atom stereocenters. The third-order valence-electron chi connectivity index (χ3n) is 13.3. The van der Waals surface area contributed by atoms with E-state index in [2.05, 4.69) is 142 Å². The van der Waals surface area contributed by atoms with E-state index < -0.39 is 21.3 Å². The van der Waals surface area contributed by atoms with Crippen molar-refractivity contribution in [2.75, 3.05) is 0 Å². The largest absolute Gasteiger partial charge is 0.147 e. The van der Waals surface area contributed by atoms with Gasteiger partial charge in [0.15, 0.2) is 0 Å². The molecule has 56 heavy (non-hydrogen) atoms. The van der Waals surface area contributed by atoms with Crippen molar-refractivity contribution in [3.8, 4) is 33.4 Å². The third-order valence-corrected chi connectivity index (χ3v) is 21.1. The minimum atomic E-state index is -2.68. The fraction of sp³-hybridized carbons (Fsp3) is 0.453. The summed E-state index contributed by atoms with van der Waals surface area (Å²) in [6, 6.07) is 30.8. The summed E-state index contributed by atoms with van der Waals surface area (Å²) in [7, 11) is 0. The number of hydrogen-bond donors (Lipinski definition) is 0. The van der Waals surface area contributed by atoms with Gasteiger partial charge in [0.25, 0.3) is 0 Å². The standard InChI is InChI=1S/C33H33.C15H26.C5H5.2ClH.Zr/c1-32(2,3)30-20-26-24(18-28(30)22-13-9-7-10-14-22)17-25-19-29(23-15-11-8-12-16-23)31(21-27(25)26)33(4,5)6;1-3-8-14(9-4-1)12-7-13-15-10-5-2-6-11-15;1-2-4-5-3-1;;;/h7-16,18,20-21H,17H2,1-6H3;14-15H,1-6,8-13H2;1-3H,4H2;2*1H;. The molecule has 3 heteroatoms. The summed E-state index contributed by atoms with van der Waals surface area (Å²) in [5.74, 6) is 1.75. The van der Waals surface area contributed by atoms with Crippen molar-refractivity contribution >= 4 is 31.3 Å². The van der Waals surface area contributed by atoms with Crippen LogP contribution in [-0.4, -0.2) is 3.21 Å². The molecule has 2 saturated carbocycles. The Morgan fingerprint density at radius 3 is 1.66 bits per heavy atom. The molecule has 4 aliphatic rings. The van der Waals surface area contributed by atoms with Crippen LogP contribution in [0.5, 0.6) is 0 Å². The van der Waals surface area contributed by atoms with Crippen LogP contribution < -0.4 is 3.27 Å². The van der Waals surface area contributed by atoms with Gasteiger partial charge in [0.1, 0.15) is 0 Å². The molecule has 0 heterocycles. The first-order valence-corrected chi connectivity index (χ1v) is 25.3. The van der Waals surface area contributed by atoms with Crippen LogP contribution in [0.1, 0.15) is 147 Å². The zero-order valence-electron chi connectivity index (χ0n) is 35.1. The summed E-state index contributed by atoms with van der Waals surface area (Å²) in [5.41, 5.74) is 15.2. The average molecular weight is 865 g/mol. The fourth-order valence-electron chi connectivity index (χ4n) is 10.6. The summed E-state index contributed by atoms with van der Waals surface area (Å²) in [6.07, 6.45) is 26.9. The van der Waals surface area contributed by atoms with Crippen LogP contribution in [0.15, 0.2) is 100 Å². The van der Waals surface area contributed by atoms with Crippen molar-refractivity contribution in [2.45, 2.75) is 142 Å². The summed E-state index contributed by atoms with van der Waals surface area (Å²) >= 11 is -2.68. The second-order valence-corrected chi connectivity index (χ2v) is 25.8. The predicted octanol–water partition coefficient (Wildman–Crippen LogP) is 15.2. The van der Waals surface area contributed by atoms with E-state index >= 15 is 0 Å². The Hall–Kier alpha value is -2.31. The molecule has 296 valence electrons. The molecule has 0 saturated heterocycles. The number of fused-ring (bicyclic) bond motifs is 3. The van der Waals surface area contributed by atoms with Gasteiger partial charge in [-0.2, -0.15) is 0 Å². The maximum Gasteiger partial charge on any atom is -0.147 e. The second-order valence-electron chi connectivity index (χ2n) is 19.4. The summed E-state index contributed by atoms with van der Waals surface area (Å²) in [5, 5.41) is 0. The molecule has 0 spiro atoms. The summed E-state index contributed by atoms with van der Waals surface area (Å²) in [4.78, 5) is 0. The number of benzene rings is 4. The van der Waals surface area contributed by atoms with Gasteiger partial charge >= 0.3 is 338 Å². The molecule has 4 aliphatic carbocycles. The summed E-state index contributed by atoms with van der Waals surface area (Å²) in [6.45, 7) is 14.7. The van der Waals surface area contributed by atoms with Gasteiger partial charge in [-0.15, -0.1) is 24.8 Å². The van der Waals surface area contributed by atoms with Gasteiger partial charge in [-0.25, -0.2) is 0 Å². The Bertz CT molecular complexity index is 2050. The molecule has 0 bridgehead atoms. The van der Waals surface area contributed by atoms with Gasteiger partial charge in [-0.05, 0) is 0 Å². The van der Waals surface area contributed by atoms with Crippen LogP contribution in [-0.2, 0) is 38.5 Å². The van der Waals surface area contributed by atoms with Gasteiger partial charge in [0.05, 0.1) is 0 Å². The Morgan fingerprint density at radius 1 is 0.607 bits per heavy atom. The van der Waals surface area contributed by atoms with E-state index in [0.717, 1.165) is 24.7 Å². The minimum Gasteiger partial charge on any atom is -0.147 e. The SMILES string of the molecule is CC(C)(C)c1cc2c(cc1-c1ccccc1)Cc1c-2cc(C(C)(C)C)c(-c2ccccc2)[c]1[Zr]([C]1=CC=CC1)=[C](CC1CCCCC1)CC1CCCCC1.Cl.Cl. The molecule has 4 aromatic rings. The molecule has 8 rings (SSSR count). The molecule has 0 atom stereocenters. The first kappa shape index (κ1) is 43.3. The predicted molar refractivity (Wildman–Crippen MR) is 246 cm³/mol. The van der Waals surface area contributed by atoms with Gasteiger partial charge in [-0.3, -0.25) is 0 Å². The molecular formula is C53H66Cl2Zr. The topological polar surface area (TPSA) is 0 Å². The van der Waals surface area contributed by atoms with Crippen molar-refractivity contribution in [1.29, 1.82) is 0 Å². The van der Waals surface area contributed by atoms with E-state index in [0.29, 0.717) is 0 Å². The van der Waals surface area contributed by atoms with Crippen molar-refractivity contribution in [3.05, 3.63) is 123 Å². The smallest absolute Gasteiger partial charge is 0.147 e. The van der Waals surface area contributed by atoms with Crippen LogP contribution in [0.2, 0.25) is 0 Å². The summed E-state index contributed by atoms with van der Waals surface area (Å²) < 4.78 is 5.74. The second kappa shape index (κ2) is 18.3. The molecule has 0 aromatic heterocycles. The normalized spacial score (nSPS) is 17.1. The van der Waals surface area contributed by atoms with Crippen molar-refractivity contribution in [1.82, 2.24) is 0 Å². The molecule has 4 aromatic carbocycles. The van der Waals surface area contributed by atoms with Crippen LogP contribution in [0.4, 0.5) is 0 Å². The maximum atomic E-state index is 2.69. The van der Waals surface area contributed by atoms with Crippen molar-refractivity contribution < 1.29 is 21.3 Å². The third kappa shape index (κ3) is 9.12. The van der Waals surface area contributed by atoms with E-state index in [1.807, 2.05) is 6.55 Å². The number of rotatable bonds is 8. The van der Waals surface area contributed by atoms with E-state index in [4.69, 9.17) is 0 Å². The molecule has 2 fully saturated rings. The average Bonchev–Trinajstić information content (AvgIpc) is 3.83. The Morgan fingerprint density at radius 2 is 1.14 bits per heavy atom. The molecule has 0 amide bonds. The maximum absolute atomic E-state index is 2.69. The minimum absolute atomic E-state index is 0. The van der Waals surface area contributed by atoms with E-state index in [9.17, 15) is 0 Å². The zero-order chi connectivity index (χ0) is 37.5. The first-order chi connectivity index (χ1) is 26.1. The zero-order valence-corrected chi connectivity index (χ0v) is 39.2. The molecule has 0 aliphatic heterocycles. The van der Waals surface area contributed by atoms with Gasteiger partial charge in [-0.1, -0.05) is 0 Å². The van der Waals surface area contributed by atoms with E-state index in [1.54, 1.807) is 22.3 Å². The van der Waals surface area contributed by atoms with E-state index in [1.165, 1.54) is 110 Å². The molecule has 0 N–H and O–H groups in total. The quantitative estimate of drug-likeness (QED) is 0.146. The Balaban J connectivity index is 0.00000266. The Labute approximate surface area is 360 Å². The molecular weight excluding hydrogens is 799 g/mol.